The Morgan fingerprint density at radius 2 is 1.88 bits per heavy atom. The summed E-state index contributed by atoms with van der Waals surface area (Å²) in [6.45, 7) is 6.08. The van der Waals surface area contributed by atoms with Gasteiger partial charge in [0.15, 0.2) is 0 Å². The topological polar surface area (TPSA) is 46.5 Å². The van der Waals surface area contributed by atoms with Gasteiger partial charge in [0, 0.05) is 12.2 Å². The van der Waals surface area contributed by atoms with Crippen LogP contribution in [0, 0.1) is 6.92 Å². The fraction of sp³-hybridized carbons (Fsp3) is 0.318. The molecule has 0 saturated heterocycles. The Hall–Kier alpha value is -2.39. The maximum Gasteiger partial charge on any atom is 0.333 e. The number of benzene rings is 2. The highest BCUT2D eigenvalue weighted by molar-refractivity contribution is 5.87. The number of rotatable bonds is 7. The Morgan fingerprint density at radius 1 is 1.16 bits per heavy atom. The van der Waals surface area contributed by atoms with Crippen LogP contribution in [0.4, 0.5) is 0 Å². The maximum absolute atomic E-state index is 11.9. The van der Waals surface area contributed by atoms with Crippen LogP contribution in [-0.2, 0) is 22.6 Å². The van der Waals surface area contributed by atoms with Crippen LogP contribution in [0.1, 0.15) is 37.0 Å². The third-order valence-corrected chi connectivity index (χ3v) is 4.26. The van der Waals surface area contributed by atoms with Crippen molar-refractivity contribution < 1.29 is 14.6 Å². The predicted octanol–water partition coefficient (Wildman–Crippen LogP) is 4.60. The molecule has 0 radical (unpaired) electrons. The summed E-state index contributed by atoms with van der Waals surface area (Å²) in [6, 6.07) is 14.5. The first-order valence-corrected chi connectivity index (χ1v) is 8.65. The van der Waals surface area contributed by atoms with Gasteiger partial charge in [0.25, 0.3) is 0 Å². The van der Waals surface area contributed by atoms with E-state index < -0.39 is 0 Å². The van der Waals surface area contributed by atoms with Crippen LogP contribution in [0.15, 0.2) is 54.1 Å². The second-order valence-electron chi connectivity index (χ2n) is 6.23. The number of hydrogen-bond donors (Lipinski definition) is 1. The van der Waals surface area contributed by atoms with Crippen molar-refractivity contribution in [1.29, 1.82) is 0 Å². The lowest BCUT2D eigenvalue weighted by Crippen LogP contribution is -2.06. The molecular formula is C22H26O3. The predicted molar refractivity (Wildman–Crippen MR) is 101 cm³/mol. The summed E-state index contributed by atoms with van der Waals surface area (Å²) in [4.78, 5) is 11.9. The van der Waals surface area contributed by atoms with Crippen molar-refractivity contribution in [2.75, 3.05) is 6.61 Å². The summed E-state index contributed by atoms with van der Waals surface area (Å²) in [5, 5.41) is 8.94. The standard InChI is InChI=1S/C22H26O3/c1-4-17(3)22(24)25-15-20-14-16(2)7-12-21(20)19-10-8-18(9-11-19)6-5-13-23/h4,7-12,14,23H,5-6,13,15H2,1-3H3/b17-4+. The number of aliphatic hydroxyl groups excluding tert-OH is 1. The van der Waals surface area contributed by atoms with Crippen LogP contribution in [0.5, 0.6) is 0 Å². The molecule has 2 rings (SSSR count). The average molecular weight is 338 g/mol. The molecule has 2 aromatic rings. The number of carbonyl (C=O) groups is 1. The molecule has 0 aliphatic carbocycles. The minimum Gasteiger partial charge on any atom is -0.457 e. The summed E-state index contributed by atoms with van der Waals surface area (Å²) >= 11 is 0. The van der Waals surface area contributed by atoms with Gasteiger partial charge in [-0.1, -0.05) is 54.1 Å². The van der Waals surface area contributed by atoms with Gasteiger partial charge in [0.1, 0.15) is 6.61 Å². The summed E-state index contributed by atoms with van der Waals surface area (Å²) in [7, 11) is 0. The van der Waals surface area contributed by atoms with Gasteiger partial charge < -0.3 is 9.84 Å². The Bertz CT molecular complexity index is 742. The minimum absolute atomic E-state index is 0.209. The van der Waals surface area contributed by atoms with E-state index in [-0.39, 0.29) is 19.2 Å². The molecule has 0 heterocycles. The lowest BCUT2D eigenvalue weighted by atomic mass is 9.96. The van der Waals surface area contributed by atoms with Gasteiger partial charge in [-0.05, 0) is 55.9 Å². The Kier molecular flexibility index (Phi) is 6.96. The number of hydrogen-bond acceptors (Lipinski definition) is 3. The third-order valence-electron chi connectivity index (χ3n) is 4.26. The fourth-order valence-electron chi connectivity index (χ4n) is 2.63. The molecule has 0 fully saturated rings. The lowest BCUT2D eigenvalue weighted by Gasteiger charge is -2.12. The van der Waals surface area contributed by atoms with Crippen LogP contribution < -0.4 is 0 Å². The van der Waals surface area contributed by atoms with Gasteiger partial charge in [0.05, 0.1) is 0 Å². The van der Waals surface area contributed by atoms with Crippen molar-refractivity contribution in [3.8, 4) is 11.1 Å². The average Bonchev–Trinajstić information content (AvgIpc) is 2.64. The van der Waals surface area contributed by atoms with E-state index in [1.54, 1.807) is 13.0 Å². The van der Waals surface area contributed by atoms with Crippen molar-refractivity contribution in [2.24, 2.45) is 0 Å². The molecule has 0 aliphatic heterocycles. The highest BCUT2D eigenvalue weighted by atomic mass is 16.5. The normalized spacial score (nSPS) is 11.4. The molecule has 0 saturated carbocycles. The van der Waals surface area contributed by atoms with E-state index in [2.05, 4.69) is 42.5 Å². The second-order valence-corrected chi connectivity index (χ2v) is 6.23. The minimum atomic E-state index is -0.283. The zero-order valence-electron chi connectivity index (χ0n) is 15.2. The van der Waals surface area contributed by atoms with Crippen LogP contribution in [0.2, 0.25) is 0 Å². The Morgan fingerprint density at radius 3 is 2.52 bits per heavy atom. The largest absolute Gasteiger partial charge is 0.457 e. The maximum atomic E-state index is 11.9. The molecule has 3 heteroatoms. The molecule has 132 valence electrons. The molecule has 25 heavy (non-hydrogen) atoms. The molecule has 1 N–H and O–H groups in total. The zero-order valence-corrected chi connectivity index (χ0v) is 15.2. The molecule has 0 unspecified atom stereocenters. The van der Waals surface area contributed by atoms with Gasteiger partial charge in [-0.3, -0.25) is 0 Å². The van der Waals surface area contributed by atoms with E-state index in [4.69, 9.17) is 9.84 Å². The smallest absolute Gasteiger partial charge is 0.333 e. The number of ether oxygens (including phenoxy) is 1. The SMILES string of the molecule is C/C=C(\C)C(=O)OCc1cc(C)ccc1-c1ccc(CCCO)cc1. The lowest BCUT2D eigenvalue weighted by molar-refractivity contribution is -0.140. The summed E-state index contributed by atoms with van der Waals surface area (Å²) < 4.78 is 5.44. The summed E-state index contributed by atoms with van der Waals surface area (Å²) in [6.07, 6.45) is 3.40. The zero-order chi connectivity index (χ0) is 18.2. The third kappa shape index (κ3) is 5.30. The molecule has 2 aromatic carbocycles. The molecule has 0 aromatic heterocycles. The van der Waals surface area contributed by atoms with Crippen LogP contribution >= 0.6 is 0 Å². The molecule has 3 nitrogen and oxygen atoms in total. The highest BCUT2D eigenvalue weighted by Crippen LogP contribution is 2.26. The van der Waals surface area contributed by atoms with Gasteiger partial charge in [-0.15, -0.1) is 0 Å². The van der Waals surface area contributed by atoms with E-state index in [1.165, 1.54) is 5.56 Å². The first-order chi connectivity index (χ1) is 12.0. The van der Waals surface area contributed by atoms with E-state index in [0.29, 0.717) is 5.57 Å². The number of esters is 1. The van der Waals surface area contributed by atoms with Gasteiger partial charge in [-0.2, -0.15) is 0 Å². The van der Waals surface area contributed by atoms with Gasteiger partial charge in [0.2, 0.25) is 0 Å². The number of carbonyl (C=O) groups excluding carboxylic acids is 1. The molecule has 0 spiro atoms. The fourth-order valence-corrected chi connectivity index (χ4v) is 2.63. The molecular weight excluding hydrogens is 312 g/mol. The van der Waals surface area contributed by atoms with Crippen LogP contribution in [-0.4, -0.2) is 17.7 Å². The monoisotopic (exact) mass is 338 g/mol. The van der Waals surface area contributed by atoms with E-state index >= 15 is 0 Å². The van der Waals surface area contributed by atoms with Crippen LogP contribution in [0.25, 0.3) is 11.1 Å². The Balaban J connectivity index is 2.21. The first-order valence-electron chi connectivity index (χ1n) is 8.65. The van der Waals surface area contributed by atoms with Crippen LogP contribution in [0.3, 0.4) is 0 Å². The summed E-state index contributed by atoms with van der Waals surface area (Å²) in [5.74, 6) is -0.283. The molecule has 0 bridgehead atoms. The van der Waals surface area contributed by atoms with Crippen molar-refractivity contribution in [1.82, 2.24) is 0 Å². The van der Waals surface area contributed by atoms with Crippen molar-refractivity contribution >= 4 is 5.97 Å². The van der Waals surface area contributed by atoms with Crippen molar-refractivity contribution in [2.45, 2.75) is 40.2 Å². The Labute approximate surface area is 150 Å². The molecule has 0 atom stereocenters. The first kappa shape index (κ1) is 18.9. The quantitative estimate of drug-likeness (QED) is 0.593. The van der Waals surface area contributed by atoms with Gasteiger partial charge in [-0.25, -0.2) is 4.79 Å². The number of allylic oxidation sites excluding steroid dienone is 1. The highest BCUT2D eigenvalue weighted by Gasteiger charge is 2.10. The second kappa shape index (κ2) is 9.19. The van der Waals surface area contributed by atoms with Crippen molar-refractivity contribution in [3.63, 3.8) is 0 Å². The van der Waals surface area contributed by atoms with E-state index in [0.717, 1.165) is 35.1 Å². The summed E-state index contributed by atoms with van der Waals surface area (Å²) in [5.41, 5.74) is 6.13. The van der Waals surface area contributed by atoms with E-state index in [9.17, 15) is 4.79 Å². The molecule has 0 aliphatic rings. The number of aliphatic hydroxyl groups is 1. The van der Waals surface area contributed by atoms with E-state index in [1.807, 2.05) is 13.8 Å². The van der Waals surface area contributed by atoms with Crippen molar-refractivity contribution in [3.05, 3.63) is 70.8 Å². The van der Waals surface area contributed by atoms with Gasteiger partial charge >= 0.3 is 5.97 Å². The molecule has 0 amide bonds. The number of aryl methyl sites for hydroxylation is 2.